The molecule has 0 saturated carbocycles. The summed E-state index contributed by atoms with van der Waals surface area (Å²) < 4.78 is 0. The summed E-state index contributed by atoms with van der Waals surface area (Å²) in [6, 6.07) is 13.8. The molecule has 0 aliphatic heterocycles. The fraction of sp³-hybridized carbons (Fsp3) is 0.316. The lowest BCUT2D eigenvalue weighted by molar-refractivity contribution is -0.121. The van der Waals surface area contributed by atoms with Gasteiger partial charge in [0.25, 0.3) is 0 Å². The van der Waals surface area contributed by atoms with Gasteiger partial charge in [0.15, 0.2) is 0 Å². The molecule has 3 heteroatoms. The van der Waals surface area contributed by atoms with Gasteiger partial charge in [0.1, 0.15) is 0 Å². The summed E-state index contributed by atoms with van der Waals surface area (Å²) in [5, 5.41) is 3.79. The number of nitrogens with one attached hydrogen (secondary N) is 1. The first-order valence-corrected chi connectivity index (χ1v) is 7.98. The first-order chi connectivity index (χ1) is 10.5. The van der Waals surface area contributed by atoms with E-state index < -0.39 is 0 Å². The Hall–Kier alpha value is -1.80. The van der Waals surface area contributed by atoms with Crippen molar-refractivity contribution in [2.24, 2.45) is 0 Å². The SMILES string of the molecule is CCC(NC(=O)Cc1cccc(Cl)c1)c1ccc(C)cc1C. The number of carbonyl (C=O) groups is 1. The van der Waals surface area contributed by atoms with Crippen molar-refractivity contribution in [1.29, 1.82) is 0 Å². The highest BCUT2D eigenvalue weighted by atomic mass is 35.5. The number of amides is 1. The van der Waals surface area contributed by atoms with Crippen LogP contribution in [0, 0.1) is 13.8 Å². The Morgan fingerprint density at radius 2 is 1.95 bits per heavy atom. The van der Waals surface area contributed by atoms with Gasteiger partial charge < -0.3 is 5.32 Å². The predicted molar refractivity (Wildman–Crippen MR) is 92.2 cm³/mol. The lowest BCUT2D eigenvalue weighted by atomic mass is 9.97. The van der Waals surface area contributed by atoms with Crippen LogP contribution in [0.4, 0.5) is 0 Å². The maximum absolute atomic E-state index is 12.3. The molecule has 0 aromatic heterocycles. The fourth-order valence-corrected chi connectivity index (χ4v) is 2.91. The molecule has 0 radical (unpaired) electrons. The summed E-state index contributed by atoms with van der Waals surface area (Å²) >= 11 is 5.96. The molecular weight excluding hydrogens is 294 g/mol. The second-order valence-corrected chi connectivity index (χ2v) is 6.13. The molecule has 1 unspecified atom stereocenters. The Kier molecular flexibility index (Phi) is 5.62. The molecule has 0 spiro atoms. The average Bonchev–Trinajstić information content (AvgIpc) is 2.45. The Morgan fingerprint density at radius 3 is 2.59 bits per heavy atom. The summed E-state index contributed by atoms with van der Waals surface area (Å²) in [5.74, 6) is 0.0223. The first kappa shape index (κ1) is 16.6. The van der Waals surface area contributed by atoms with Crippen LogP contribution >= 0.6 is 11.6 Å². The van der Waals surface area contributed by atoms with E-state index >= 15 is 0 Å². The summed E-state index contributed by atoms with van der Waals surface area (Å²) in [5.41, 5.74) is 4.57. The standard InChI is InChI=1S/C19H22ClNO/c1-4-18(17-9-8-13(2)10-14(17)3)21-19(22)12-15-6-5-7-16(20)11-15/h5-11,18H,4,12H2,1-3H3,(H,21,22). The minimum atomic E-state index is 0.0223. The minimum Gasteiger partial charge on any atom is -0.349 e. The van der Waals surface area contributed by atoms with Crippen molar-refractivity contribution in [3.05, 3.63) is 69.7 Å². The highest BCUT2D eigenvalue weighted by molar-refractivity contribution is 6.30. The summed E-state index contributed by atoms with van der Waals surface area (Å²) in [6.45, 7) is 6.26. The number of rotatable bonds is 5. The molecule has 22 heavy (non-hydrogen) atoms. The Bertz CT molecular complexity index is 666. The van der Waals surface area contributed by atoms with Crippen LogP contribution in [-0.4, -0.2) is 5.91 Å². The van der Waals surface area contributed by atoms with Crippen molar-refractivity contribution in [3.8, 4) is 0 Å². The largest absolute Gasteiger partial charge is 0.349 e. The van der Waals surface area contributed by atoms with Crippen molar-refractivity contribution in [1.82, 2.24) is 5.32 Å². The van der Waals surface area contributed by atoms with Gasteiger partial charge in [-0.1, -0.05) is 54.4 Å². The van der Waals surface area contributed by atoms with Gasteiger partial charge in [-0.3, -0.25) is 4.79 Å². The minimum absolute atomic E-state index is 0.0223. The third kappa shape index (κ3) is 4.35. The van der Waals surface area contributed by atoms with Crippen LogP contribution in [0.1, 0.15) is 41.6 Å². The zero-order valence-electron chi connectivity index (χ0n) is 13.3. The average molecular weight is 316 g/mol. The lowest BCUT2D eigenvalue weighted by Crippen LogP contribution is -2.30. The van der Waals surface area contributed by atoms with Gasteiger partial charge in [0.2, 0.25) is 5.91 Å². The second-order valence-electron chi connectivity index (χ2n) is 5.70. The zero-order valence-corrected chi connectivity index (χ0v) is 14.1. The molecule has 1 atom stereocenters. The maximum Gasteiger partial charge on any atom is 0.224 e. The number of hydrogen-bond acceptors (Lipinski definition) is 1. The molecular formula is C19H22ClNO. The van der Waals surface area contributed by atoms with E-state index in [0.29, 0.717) is 11.4 Å². The summed E-state index contributed by atoms with van der Waals surface area (Å²) in [6.07, 6.45) is 1.22. The van der Waals surface area contributed by atoms with Crippen LogP contribution in [0.3, 0.4) is 0 Å². The number of benzene rings is 2. The molecule has 0 bridgehead atoms. The number of hydrogen-bond donors (Lipinski definition) is 1. The van der Waals surface area contributed by atoms with E-state index in [-0.39, 0.29) is 11.9 Å². The molecule has 1 N–H and O–H groups in total. The van der Waals surface area contributed by atoms with E-state index in [1.54, 1.807) is 0 Å². The molecule has 0 heterocycles. The van der Waals surface area contributed by atoms with Crippen molar-refractivity contribution in [3.63, 3.8) is 0 Å². The van der Waals surface area contributed by atoms with Gasteiger partial charge in [-0.2, -0.15) is 0 Å². The van der Waals surface area contributed by atoms with E-state index in [1.807, 2.05) is 24.3 Å². The highest BCUT2D eigenvalue weighted by Crippen LogP contribution is 2.22. The van der Waals surface area contributed by atoms with Gasteiger partial charge in [-0.25, -0.2) is 0 Å². The van der Waals surface area contributed by atoms with Gasteiger partial charge >= 0.3 is 0 Å². The van der Waals surface area contributed by atoms with Crippen LogP contribution in [0.25, 0.3) is 0 Å². The predicted octanol–water partition coefficient (Wildman–Crippen LogP) is 4.77. The van der Waals surface area contributed by atoms with E-state index in [1.165, 1.54) is 16.7 Å². The van der Waals surface area contributed by atoms with Gasteiger partial charge in [0.05, 0.1) is 12.5 Å². The molecule has 2 aromatic carbocycles. The summed E-state index contributed by atoms with van der Waals surface area (Å²) in [4.78, 5) is 12.3. The molecule has 2 aromatic rings. The molecule has 2 rings (SSSR count). The molecule has 116 valence electrons. The van der Waals surface area contributed by atoms with Crippen LogP contribution in [0.5, 0.6) is 0 Å². The molecule has 0 aliphatic rings. The number of aryl methyl sites for hydroxylation is 2. The van der Waals surface area contributed by atoms with Crippen molar-refractivity contribution in [2.75, 3.05) is 0 Å². The monoisotopic (exact) mass is 315 g/mol. The smallest absolute Gasteiger partial charge is 0.224 e. The molecule has 1 amide bonds. The van der Waals surface area contributed by atoms with Crippen LogP contribution in [-0.2, 0) is 11.2 Å². The van der Waals surface area contributed by atoms with Gasteiger partial charge in [0, 0.05) is 5.02 Å². The van der Waals surface area contributed by atoms with Crippen molar-refractivity contribution >= 4 is 17.5 Å². The number of halogens is 1. The molecule has 2 nitrogen and oxygen atoms in total. The first-order valence-electron chi connectivity index (χ1n) is 7.60. The Labute approximate surface area is 137 Å². The van der Waals surface area contributed by atoms with E-state index in [9.17, 15) is 4.79 Å². The van der Waals surface area contributed by atoms with Gasteiger partial charge in [-0.15, -0.1) is 0 Å². The van der Waals surface area contributed by atoms with Crippen LogP contribution < -0.4 is 5.32 Å². The van der Waals surface area contributed by atoms with Crippen molar-refractivity contribution in [2.45, 2.75) is 39.7 Å². The maximum atomic E-state index is 12.3. The van der Waals surface area contributed by atoms with E-state index in [4.69, 9.17) is 11.6 Å². The molecule has 0 fully saturated rings. The third-order valence-corrected chi connectivity index (χ3v) is 4.03. The normalized spacial score (nSPS) is 12.0. The topological polar surface area (TPSA) is 29.1 Å². The lowest BCUT2D eigenvalue weighted by Gasteiger charge is -2.20. The highest BCUT2D eigenvalue weighted by Gasteiger charge is 2.15. The Balaban J connectivity index is 2.08. The summed E-state index contributed by atoms with van der Waals surface area (Å²) in [7, 11) is 0. The molecule has 0 aliphatic carbocycles. The zero-order chi connectivity index (χ0) is 16.1. The van der Waals surface area contributed by atoms with Gasteiger partial charge in [-0.05, 0) is 49.1 Å². The van der Waals surface area contributed by atoms with E-state index in [0.717, 1.165) is 12.0 Å². The second kappa shape index (κ2) is 7.46. The Morgan fingerprint density at radius 1 is 1.18 bits per heavy atom. The van der Waals surface area contributed by atoms with E-state index in [2.05, 4.69) is 44.3 Å². The fourth-order valence-electron chi connectivity index (χ4n) is 2.69. The molecule has 0 saturated heterocycles. The van der Waals surface area contributed by atoms with Crippen molar-refractivity contribution < 1.29 is 4.79 Å². The van der Waals surface area contributed by atoms with Crippen LogP contribution in [0.2, 0.25) is 5.02 Å². The number of carbonyl (C=O) groups excluding carboxylic acids is 1. The van der Waals surface area contributed by atoms with Crippen LogP contribution in [0.15, 0.2) is 42.5 Å². The third-order valence-electron chi connectivity index (χ3n) is 3.80. The quantitative estimate of drug-likeness (QED) is 0.846.